The lowest BCUT2D eigenvalue weighted by Crippen LogP contribution is -2.42. The first-order chi connectivity index (χ1) is 9.40. The maximum absolute atomic E-state index is 3.50. The molecule has 2 unspecified atom stereocenters. The van der Waals surface area contributed by atoms with Gasteiger partial charge in [0.15, 0.2) is 0 Å². The van der Waals surface area contributed by atoms with Gasteiger partial charge in [-0.15, -0.1) is 0 Å². The summed E-state index contributed by atoms with van der Waals surface area (Å²) in [6.07, 6.45) is 13.0. The van der Waals surface area contributed by atoms with Crippen molar-refractivity contribution in [3.8, 4) is 0 Å². The fourth-order valence-electron chi connectivity index (χ4n) is 3.94. The van der Waals surface area contributed by atoms with E-state index in [1.807, 2.05) is 0 Å². The number of fused-ring (bicyclic) bond motifs is 1. The Kier molecular flexibility index (Phi) is 7.23. The lowest BCUT2D eigenvalue weighted by molar-refractivity contribution is 0.0857. The zero-order valence-electron chi connectivity index (χ0n) is 13.0. The summed E-state index contributed by atoms with van der Waals surface area (Å²) < 4.78 is 0. The molecule has 112 valence electrons. The summed E-state index contributed by atoms with van der Waals surface area (Å²) in [6, 6.07) is 0. The Labute approximate surface area is 120 Å². The number of unbranched alkanes of at least 4 members (excludes halogenated alkanes) is 2. The van der Waals surface area contributed by atoms with Crippen molar-refractivity contribution in [1.82, 2.24) is 10.2 Å². The molecule has 0 bridgehead atoms. The quantitative estimate of drug-likeness (QED) is 0.674. The van der Waals surface area contributed by atoms with Crippen LogP contribution in [0, 0.1) is 11.8 Å². The van der Waals surface area contributed by atoms with E-state index in [0.29, 0.717) is 0 Å². The van der Waals surface area contributed by atoms with Crippen LogP contribution in [-0.4, -0.2) is 37.6 Å². The molecule has 0 aromatic carbocycles. The molecule has 1 saturated carbocycles. The van der Waals surface area contributed by atoms with E-state index >= 15 is 0 Å². The van der Waals surface area contributed by atoms with E-state index in [1.54, 1.807) is 0 Å². The van der Waals surface area contributed by atoms with Crippen molar-refractivity contribution in [2.45, 2.75) is 64.7 Å². The van der Waals surface area contributed by atoms with Gasteiger partial charge < -0.3 is 10.2 Å². The first-order valence-electron chi connectivity index (χ1n) is 8.83. The van der Waals surface area contributed by atoms with Gasteiger partial charge in [0, 0.05) is 6.54 Å². The molecule has 1 heterocycles. The molecule has 19 heavy (non-hydrogen) atoms. The third-order valence-electron chi connectivity index (χ3n) is 5.13. The summed E-state index contributed by atoms with van der Waals surface area (Å²) in [5, 5.41) is 3.50. The van der Waals surface area contributed by atoms with Gasteiger partial charge in [0.25, 0.3) is 0 Å². The molecule has 0 aromatic rings. The molecule has 1 aliphatic heterocycles. The Morgan fingerprint density at radius 1 is 0.947 bits per heavy atom. The molecule has 2 fully saturated rings. The standard InChI is InChI=1S/C17H34N2/c1-2-11-18-12-6-3-7-13-19-14-10-16-8-4-5-9-17(16)15-19/h16-18H,2-15H2,1H3. The van der Waals surface area contributed by atoms with E-state index in [2.05, 4.69) is 17.1 Å². The molecule has 2 heteroatoms. The third kappa shape index (κ3) is 5.43. The van der Waals surface area contributed by atoms with E-state index in [1.165, 1.54) is 90.5 Å². The molecule has 0 aromatic heterocycles. The van der Waals surface area contributed by atoms with Crippen molar-refractivity contribution in [1.29, 1.82) is 0 Å². The molecule has 2 rings (SSSR count). The van der Waals surface area contributed by atoms with Crippen molar-refractivity contribution >= 4 is 0 Å². The predicted molar refractivity (Wildman–Crippen MR) is 83.5 cm³/mol. The Morgan fingerprint density at radius 2 is 1.79 bits per heavy atom. The van der Waals surface area contributed by atoms with Gasteiger partial charge in [-0.25, -0.2) is 0 Å². The SMILES string of the molecule is CCCNCCCCCN1CCC2CCCCC2C1. The maximum atomic E-state index is 3.50. The van der Waals surface area contributed by atoms with Gasteiger partial charge in [0.05, 0.1) is 0 Å². The number of hydrogen-bond donors (Lipinski definition) is 1. The second kappa shape index (κ2) is 8.97. The highest BCUT2D eigenvalue weighted by Crippen LogP contribution is 2.35. The fourth-order valence-corrected chi connectivity index (χ4v) is 3.94. The van der Waals surface area contributed by atoms with Crippen LogP contribution in [-0.2, 0) is 0 Å². The zero-order chi connectivity index (χ0) is 13.3. The Morgan fingerprint density at radius 3 is 2.63 bits per heavy atom. The average Bonchev–Trinajstić information content (AvgIpc) is 2.46. The number of rotatable bonds is 8. The summed E-state index contributed by atoms with van der Waals surface area (Å²) in [5.74, 6) is 2.14. The normalized spacial score (nSPS) is 28.3. The van der Waals surface area contributed by atoms with Crippen LogP contribution in [0.3, 0.4) is 0 Å². The fraction of sp³-hybridized carbons (Fsp3) is 1.00. The minimum Gasteiger partial charge on any atom is -0.317 e. The number of nitrogens with one attached hydrogen (secondary N) is 1. The molecule has 2 nitrogen and oxygen atoms in total. The number of piperidine rings is 1. The van der Waals surface area contributed by atoms with Gasteiger partial charge in [0.1, 0.15) is 0 Å². The molecule has 1 saturated heterocycles. The van der Waals surface area contributed by atoms with Crippen LogP contribution in [0.4, 0.5) is 0 Å². The van der Waals surface area contributed by atoms with Gasteiger partial charge in [-0.2, -0.15) is 0 Å². The Bertz CT molecular complexity index is 229. The van der Waals surface area contributed by atoms with Crippen LogP contribution in [0.25, 0.3) is 0 Å². The molecule has 2 aliphatic rings. The zero-order valence-corrected chi connectivity index (χ0v) is 13.0. The number of nitrogens with zero attached hydrogens (tertiary/aromatic N) is 1. The van der Waals surface area contributed by atoms with Gasteiger partial charge >= 0.3 is 0 Å². The molecular weight excluding hydrogens is 232 g/mol. The predicted octanol–water partition coefficient (Wildman–Crippen LogP) is 3.67. The van der Waals surface area contributed by atoms with Crippen LogP contribution in [0.2, 0.25) is 0 Å². The molecule has 0 spiro atoms. The largest absolute Gasteiger partial charge is 0.317 e. The third-order valence-corrected chi connectivity index (χ3v) is 5.13. The highest BCUT2D eigenvalue weighted by Gasteiger charge is 2.30. The van der Waals surface area contributed by atoms with Crippen LogP contribution in [0.5, 0.6) is 0 Å². The minimum absolute atomic E-state index is 1.05. The summed E-state index contributed by atoms with van der Waals surface area (Å²) >= 11 is 0. The first kappa shape index (κ1) is 15.3. The van der Waals surface area contributed by atoms with E-state index in [-0.39, 0.29) is 0 Å². The summed E-state index contributed by atoms with van der Waals surface area (Å²) in [7, 11) is 0. The van der Waals surface area contributed by atoms with E-state index in [9.17, 15) is 0 Å². The summed E-state index contributed by atoms with van der Waals surface area (Å²) in [5.41, 5.74) is 0. The van der Waals surface area contributed by atoms with Gasteiger partial charge in [-0.1, -0.05) is 32.6 Å². The minimum atomic E-state index is 1.05. The van der Waals surface area contributed by atoms with Crippen LogP contribution in [0.1, 0.15) is 64.7 Å². The van der Waals surface area contributed by atoms with Crippen LogP contribution in [0.15, 0.2) is 0 Å². The van der Waals surface area contributed by atoms with E-state index < -0.39 is 0 Å². The highest BCUT2D eigenvalue weighted by molar-refractivity contribution is 4.83. The van der Waals surface area contributed by atoms with Crippen LogP contribution >= 0.6 is 0 Å². The molecule has 0 amide bonds. The van der Waals surface area contributed by atoms with Crippen molar-refractivity contribution in [2.24, 2.45) is 11.8 Å². The monoisotopic (exact) mass is 266 g/mol. The van der Waals surface area contributed by atoms with Crippen molar-refractivity contribution in [2.75, 3.05) is 32.7 Å². The second-order valence-electron chi connectivity index (χ2n) is 6.70. The van der Waals surface area contributed by atoms with Gasteiger partial charge in [-0.3, -0.25) is 0 Å². The van der Waals surface area contributed by atoms with Crippen molar-refractivity contribution < 1.29 is 0 Å². The summed E-state index contributed by atoms with van der Waals surface area (Å²) in [4.78, 5) is 2.76. The first-order valence-corrected chi connectivity index (χ1v) is 8.83. The molecule has 1 N–H and O–H groups in total. The second-order valence-corrected chi connectivity index (χ2v) is 6.70. The molecule has 0 radical (unpaired) electrons. The lowest BCUT2D eigenvalue weighted by atomic mass is 9.75. The van der Waals surface area contributed by atoms with Crippen molar-refractivity contribution in [3.05, 3.63) is 0 Å². The summed E-state index contributed by atoms with van der Waals surface area (Å²) in [6.45, 7) is 8.81. The lowest BCUT2D eigenvalue weighted by Gasteiger charge is -2.41. The Hall–Kier alpha value is -0.0800. The van der Waals surface area contributed by atoms with Crippen LogP contribution < -0.4 is 5.32 Å². The molecule has 1 aliphatic carbocycles. The van der Waals surface area contributed by atoms with Gasteiger partial charge in [-0.05, 0) is 70.1 Å². The molecular formula is C17H34N2. The van der Waals surface area contributed by atoms with Crippen molar-refractivity contribution in [3.63, 3.8) is 0 Å². The van der Waals surface area contributed by atoms with Gasteiger partial charge in [0.2, 0.25) is 0 Å². The average molecular weight is 266 g/mol. The number of likely N-dealkylation sites (tertiary alicyclic amines) is 1. The smallest absolute Gasteiger partial charge is 0.00123 e. The van der Waals surface area contributed by atoms with E-state index in [0.717, 1.165) is 11.8 Å². The Balaban J connectivity index is 1.50. The van der Waals surface area contributed by atoms with E-state index in [4.69, 9.17) is 0 Å². The molecule has 2 atom stereocenters. The topological polar surface area (TPSA) is 15.3 Å². The maximum Gasteiger partial charge on any atom is 0.00123 e. The highest BCUT2D eigenvalue weighted by atomic mass is 15.1. The number of hydrogen-bond acceptors (Lipinski definition) is 2.